The minimum atomic E-state index is -1.18. The Bertz CT molecular complexity index is 1120. The molecule has 0 aliphatic carbocycles. The summed E-state index contributed by atoms with van der Waals surface area (Å²) in [5, 5.41) is 3.56. The maximum absolute atomic E-state index is 13.8. The third-order valence-electron chi connectivity index (χ3n) is 5.66. The highest BCUT2D eigenvalue weighted by Crippen LogP contribution is 2.37. The number of amides is 2. The first kappa shape index (κ1) is 20.9. The Kier molecular flexibility index (Phi) is 5.66. The van der Waals surface area contributed by atoms with E-state index in [1.165, 1.54) is 0 Å². The molecule has 156 valence electrons. The molecule has 3 aromatic rings. The van der Waals surface area contributed by atoms with Crippen LogP contribution in [0.5, 0.6) is 0 Å². The lowest BCUT2D eigenvalue weighted by atomic mass is 9.77. The Hall–Kier alpha value is -3.37. The van der Waals surface area contributed by atoms with Crippen molar-refractivity contribution < 1.29 is 9.59 Å². The summed E-state index contributed by atoms with van der Waals surface area (Å²) in [6.45, 7) is 3.78. The van der Waals surface area contributed by atoms with Crippen LogP contribution in [-0.2, 0) is 4.79 Å². The number of carbonyl (C=O) groups is 2. The van der Waals surface area contributed by atoms with Crippen molar-refractivity contribution in [3.8, 4) is 0 Å². The quantitative estimate of drug-likeness (QED) is 0.595. The third-order valence-corrected chi connectivity index (χ3v) is 5.92. The fourth-order valence-electron chi connectivity index (χ4n) is 3.87. The van der Waals surface area contributed by atoms with Crippen LogP contribution >= 0.6 is 11.6 Å². The smallest absolute Gasteiger partial charge is 0.257 e. The van der Waals surface area contributed by atoms with Gasteiger partial charge in [0.25, 0.3) is 11.8 Å². The minimum absolute atomic E-state index is 0.199. The molecule has 4 nitrogen and oxygen atoms in total. The van der Waals surface area contributed by atoms with E-state index in [9.17, 15) is 9.59 Å². The number of hydrogen-bond acceptors (Lipinski definition) is 2. The Balaban J connectivity index is 1.74. The van der Waals surface area contributed by atoms with Gasteiger partial charge in [0.05, 0.1) is 0 Å². The molecule has 1 heterocycles. The first-order valence-electron chi connectivity index (χ1n) is 10.1. The molecule has 2 unspecified atom stereocenters. The molecule has 1 N–H and O–H groups in total. The number of nitrogens with one attached hydrogen (secondary N) is 1. The van der Waals surface area contributed by atoms with E-state index in [-0.39, 0.29) is 17.7 Å². The highest BCUT2D eigenvalue weighted by Gasteiger charge is 2.47. The van der Waals surface area contributed by atoms with Gasteiger partial charge in [0.1, 0.15) is 5.54 Å². The number of anilines is 1. The summed E-state index contributed by atoms with van der Waals surface area (Å²) in [6, 6.07) is 24.1. The second-order valence-corrected chi connectivity index (χ2v) is 8.34. The third kappa shape index (κ3) is 4.12. The summed E-state index contributed by atoms with van der Waals surface area (Å²) < 4.78 is 0. The lowest BCUT2D eigenvalue weighted by molar-refractivity contribution is -0.124. The average Bonchev–Trinajstić information content (AvgIpc) is 2.77. The van der Waals surface area contributed by atoms with Gasteiger partial charge in [-0.25, -0.2) is 0 Å². The number of benzene rings is 3. The lowest BCUT2D eigenvalue weighted by Crippen LogP contribution is -2.61. The van der Waals surface area contributed by atoms with Crippen LogP contribution in [0.15, 0.2) is 91.1 Å². The van der Waals surface area contributed by atoms with Gasteiger partial charge < -0.3 is 5.32 Å². The number of aryl methyl sites for hydroxylation is 1. The van der Waals surface area contributed by atoms with Crippen molar-refractivity contribution in [1.29, 1.82) is 0 Å². The molecule has 3 aromatic carbocycles. The summed E-state index contributed by atoms with van der Waals surface area (Å²) in [6.07, 6.45) is 3.76. The summed E-state index contributed by atoms with van der Waals surface area (Å²) in [5.74, 6) is -0.846. The molecular weight excluding hydrogens is 408 g/mol. The van der Waals surface area contributed by atoms with Crippen molar-refractivity contribution >= 4 is 29.1 Å². The normalized spacial score (nSPS) is 20.5. The molecule has 0 aromatic heterocycles. The zero-order valence-electron chi connectivity index (χ0n) is 17.4. The highest BCUT2D eigenvalue weighted by atomic mass is 35.5. The van der Waals surface area contributed by atoms with Crippen LogP contribution in [0, 0.1) is 6.92 Å². The van der Waals surface area contributed by atoms with Gasteiger partial charge in [-0.05, 0) is 55.8 Å². The maximum Gasteiger partial charge on any atom is 0.257 e. The van der Waals surface area contributed by atoms with Crippen molar-refractivity contribution in [2.45, 2.75) is 25.3 Å². The average molecular weight is 431 g/mol. The molecule has 1 aliphatic heterocycles. The van der Waals surface area contributed by atoms with Crippen LogP contribution in [0.4, 0.5) is 5.69 Å². The zero-order valence-corrected chi connectivity index (χ0v) is 18.1. The van der Waals surface area contributed by atoms with Gasteiger partial charge in [-0.2, -0.15) is 0 Å². The predicted octanol–water partition coefficient (Wildman–Crippen LogP) is 5.48. The summed E-state index contributed by atoms with van der Waals surface area (Å²) in [4.78, 5) is 28.5. The molecule has 1 aliphatic rings. The van der Waals surface area contributed by atoms with E-state index in [0.717, 1.165) is 16.8 Å². The van der Waals surface area contributed by atoms with Crippen LogP contribution in [0.25, 0.3) is 0 Å². The topological polar surface area (TPSA) is 49.4 Å². The summed E-state index contributed by atoms with van der Waals surface area (Å²) in [5.41, 5.74) is 2.08. The van der Waals surface area contributed by atoms with Crippen molar-refractivity contribution in [3.05, 3.63) is 113 Å². The number of halogens is 1. The minimum Gasteiger partial charge on any atom is -0.337 e. The van der Waals surface area contributed by atoms with E-state index in [1.807, 2.05) is 67.6 Å². The largest absolute Gasteiger partial charge is 0.337 e. The first-order valence-corrected chi connectivity index (χ1v) is 10.5. The van der Waals surface area contributed by atoms with Gasteiger partial charge in [-0.1, -0.05) is 65.7 Å². The summed E-state index contributed by atoms with van der Waals surface area (Å²) in [7, 11) is 0. The molecule has 0 radical (unpaired) electrons. The molecule has 0 saturated carbocycles. The zero-order chi connectivity index (χ0) is 22.0. The molecule has 0 bridgehead atoms. The number of rotatable bonds is 4. The van der Waals surface area contributed by atoms with Gasteiger partial charge in [-0.15, -0.1) is 0 Å². The molecule has 2 amide bonds. The van der Waals surface area contributed by atoms with E-state index < -0.39 is 5.54 Å². The van der Waals surface area contributed by atoms with Gasteiger partial charge in [0, 0.05) is 28.4 Å². The van der Waals surface area contributed by atoms with Gasteiger partial charge in [-0.3, -0.25) is 14.5 Å². The second-order valence-electron chi connectivity index (χ2n) is 7.90. The molecule has 0 fully saturated rings. The molecular formula is C26H23ClN2O2. The highest BCUT2D eigenvalue weighted by molar-refractivity contribution is 6.30. The van der Waals surface area contributed by atoms with Crippen molar-refractivity contribution in [1.82, 2.24) is 5.32 Å². The fourth-order valence-corrected chi connectivity index (χ4v) is 4.00. The van der Waals surface area contributed by atoms with Gasteiger partial charge in [0.2, 0.25) is 0 Å². The van der Waals surface area contributed by atoms with Crippen LogP contribution in [0.3, 0.4) is 0 Å². The fraction of sp³-hybridized carbons (Fsp3) is 0.154. The SMILES string of the molecule is Cc1ccc(N2C=CC(c3ccccc3)C(C)(NC(=O)c3ccc(Cl)cc3)C2=O)cc1. The molecule has 5 heteroatoms. The molecule has 0 saturated heterocycles. The van der Waals surface area contributed by atoms with Crippen LogP contribution in [0.2, 0.25) is 5.02 Å². The van der Waals surface area contributed by atoms with Crippen LogP contribution < -0.4 is 10.2 Å². The Labute approximate surface area is 187 Å². The number of nitrogens with zero attached hydrogens (tertiary/aromatic N) is 1. The molecule has 31 heavy (non-hydrogen) atoms. The van der Waals surface area contributed by atoms with E-state index in [2.05, 4.69) is 5.32 Å². The number of carbonyl (C=O) groups excluding carboxylic acids is 2. The Morgan fingerprint density at radius 2 is 1.61 bits per heavy atom. The summed E-state index contributed by atoms with van der Waals surface area (Å²) >= 11 is 5.96. The number of hydrogen-bond donors (Lipinski definition) is 1. The van der Waals surface area contributed by atoms with Gasteiger partial charge >= 0.3 is 0 Å². The standard InChI is InChI=1S/C26H23ClN2O2/c1-18-8-14-22(15-9-18)29-17-16-23(19-6-4-3-5-7-19)26(2,25(29)31)28-24(30)20-10-12-21(27)13-11-20/h3-17,23H,1-2H3,(H,28,30). The molecule has 4 rings (SSSR count). The van der Waals surface area contributed by atoms with E-state index in [0.29, 0.717) is 10.6 Å². The first-order chi connectivity index (χ1) is 14.9. The monoisotopic (exact) mass is 430 g/mol. The Morgan fingerprint density at radius 1 is 0.968 bits per heavy atom. The maximum atomic E-state index is 13.8. The van der Waals surface area contributed by atoms with Crippen molar-refractivity contribution in [3.63, 3.8) is 0 Å². The second kappa shape index (κ2) is 8.40. The molecule has 0 spiro atoms. The van der Waals surface area contributed by atoms with Crippen molar-refractivity contribution in [2.24, 2.45) is 0 Å². The van der Waals surface area contributed by atoms with E-state index in [4.69, 9.17) is 11.6 Å². The van der Waals surface area contributed by atoms with Crippen LogP contribution in [-0.4, -0.2) is 17.4 Å². The Morgan fingerprint density at radius 3 is 2.26 bits per heavy atom. The lowest BCUT2D eigenvalue weighted by Gasteiger charge is -2.42. The van der Waals surface area contributed by atoms with E-state index >= 15 is 0 Å². The van der Waals surface area contributed by atoms with Gasteiger partial charge in [0.15, 0.2) is 0 Å². The van der Waals surface area contributed by atoms with Crippen LogP contribution in [0.1, 0.15) is 34.3 Å². The van der Waals surface area contributed by atoms with E-state index in [1.54, 1.807) is 42.3 Å². The molecule has 2 atom stereocenters. The van der Waals surface area contributed by atoms with Crippen molar-refractivity contribution in [2.75, 3.05) is 4.90 Å². The predicted molar refractivity (Wildman–Crippen MR) is 124 cm³/mol.